The highest BCUT2D eigenvalue weighted by atomic mass is 32.2. The highest BCUT2D eigenvalue weighted by Crippen LogP contribution is 2.43. The molecule has 1 heterocycles. The lowest BCUT2D eigenvalue weighted by molar-refractivity contribution is -0.143. The predicted octanol–water partition coefficient (Wildman–Crippen LogP) is 3.37. The molecule has 5 N–H and O–H groups in total. The smallest absolute Gasteiger partial charge is 0.411 e. The number of rotatable bonds is 11. The fraction of sp³-hybridized carbons (Fsp3) is 0.258. The van der Waals surface area contributed by atoms with E-state index in [0.717, 1.165) is 7.11 Å². The first-order chi connectivity index (χ1) is 21.8. The van der Waals surface area contributed by atoms with E-state index in [9.17, 15) is 32.7 Å². The Bertz CT molecular complexity index is 1780. The normalized spacial score (nSPS) is 16.6. The van der Waals surface area contributed by atoms with Gasteiger partial charge in [0.25, 0.3) is 0 Å². The van der Waals surface area contributed by atoms with Crippen LogP contribution < -0.4 is 25.8 Å². The summed E-state index contributed by atoms with van der Waals surface area (Å²) >= 11 is 0. The highest BCUT2D eigenvalue weighted by molar-refractivity contribution is 7.92. The standard InChI is InChI=1S/C31H32N4O10S/c1-43-23-10-8-17(15-24(23)44-2)26(33-19-7-5-6-18(14-19)28(32)36)29(37)35-13-12-21(30(38)39)27(35)22-16-20(34-31(40)45-3)9-11-25(22)46(4,41)42/h5-11,14-16,21,26-27,33H,4,12-13H2,1-3H3,(H3-,32,34,36,38,39,40)/p+1/t21-,26-,27+/m0/s1. The summed E-state index contributed by atoms with van der Waals surface area (Å²) in [5.41, 5.74) is 6.43. The van der Waals surface area contributed by atoms with Crippen LogP contribution in [-0.2, 0) is 24.2 Å². The molecule has 1 fully saturated rings. The van der Waals surface area contributed by atoms with Crippen molar-refractivity contribution in [3.05, 3.63) is 83.6 Å². The van der Waals surface area contributed by atoms with Gasteiger partial charge in [-0.15, -0.1) is 0 Å². The number of nitrogens with two attached hydrogens (primary N) is 1. The zero-order valence-corrected chi connectivity index (χ0v) is 26.0. The SMILES string of the molecule is [CH2+]S(=O)(=O)c1ccc(NC(=O)OC)cc1[C@H]1[C@@H](C(=O)O)CCN1C(=O)[C@@H](Nc1cccc(C(N)=O)c1)c1ccc(OC)c(OC)c1. The second-order valence-electron chi connectivity index (χ2n) is 10.3. The van der Waals surface area contributed by atoms with E-state index in [2.05, 4.69) is 21.6 Å². The maximum absolute atomic E-state index is 14.6. The second kappa shape index (κ2) is 13.7. The summed E-state index contributed by atoms with van der Waals surface area (Å²) in [5, 5.41) is 15.8. The Kier molecular flexibility index (Phi) is 9.95. The van der Waals surface area contributed by atoms with Gasteiger partial charge in [-0.25, -0.2) is 4.79 Å². The summed E-state index contributed by atoms with van der Waals surface area (Å²) in [6, 6.07) is 12.2. The molecule has 1 saturated heterocycles. The molecule has 0 aliphatic carbocycles. The molecule has 15 heteroatoms. The number of anilines is 2. The number of sulfone groups is 1. The summed E-state index contributed by atoms with van der Waals surface area (Å²) in [4.78, 5) is 51.9. The van der Waals surface area contributed by atoms with Crippen LogP contribution in [0.4, 0.5) is 16.2 Å². The summed E-state index contributed by atoms with van der Waals surface area (Å²) in [6.07, 6.45) is 2.40. The third kappa shape index (κ3) is 7.10. The Morgan fingerprint density at radius 2 is 1.70 bits per heavy atom. The minimum absolute atomic E-state index is 0.00710. The lowest BCUT2D eigenvalue weighted by Gasteiger charge is -2.32. The van der Waals surface area contributed by atoms with Gasteiger partial charge in [0.15, 0.2) is 17.8 Å². The van der Waals surface area contributed by atoms with E-state index < -0.39 is 51.7 Å². The number of amides is 3. The first kappa shape index (κ1) is 33.5. The number of carboxylic acids is 1. The molecule has 0 saturated carbocycles. The number of hydrogen-bond donors (Lipinski definition) is 4. The van der Waals surface area contributed by atoms with Gasteiger partial charge in [-0.3, -0.25) is 19.7 Å². The number of methoxy groups -OCH3 is 3. The molecule has 1 aliphatic heterocycles. The van der Waals surface area contributed by atoms with Gasteiger partial charge in [-0.1, -0.05) is 12.1 Å². The van der Waals surface area contributed by atoms with Crippen LogP contribution >= 0.6 is 0 Å². The molecule has 242 valence electrons. The highest BCUT2D eigenvalue weighted by Gasteiger charge is 2.46. The number of aliphatic carboxylic acids is 1. The van der Waals surface area contributed by atoms with Crippen molar-refractivity contribution in [1.29, 1.82) is 0 Å². The molecule has 14 nitrogen and oxygen atoms in total. The third-order valence-corrected chi connectivity index (χ3v) is 8.58. The number of nitrogens with one attached hydrogen (secondary N) is 2. The lowest BCUT2D eigenvalue weighted by Crippen LogP contribution is -2.39. The molecule has 0 aromatic heterocycles. The fourth-order valence-corrected chi connectivity index (χ4v) is 6.22. The fourth-order valence-electron chi connectivity index (χ4n) is 5.41. The van der Waals surface area contributed by atoms with Crippen molar-refractivity contribution in [3.8, 4) is 11.5 Å². The third-order valence-electron chi connectivity index (χ3n) is 7.54. The number of hydrogen-bond acceptors (Lipinski definition) is 10. The van der Waals surface area contributed by atoms with Crippen molar-refractivity contribution in [2.24, 2.45) is 11.7 Å². The molecule has 3 aromatic rings. The van der Waals surface area contributed by atoms with E-state index in [1.807, 2.05) is 0 Å². The molecule has 46 heavy (non-hydrogen) atoms. The van der Waals surface area contributed by atoms with Crippen molar-refractivity contribution in [3.63, 3.8) is 0 Å². The van der Waals surface area contributed by atoms with Crippen LogP contribution in [0.1, 0.15) is 40.0 Å². The number of carbonyl (C=O) groups is 4. The second-order valence-corrected chi connectivity index (χ2v) is 12.0. The topological polar surface area (TPSA) is 204 Å². The molecular weight excluding hydrogens is 620 g/mol. The van der Waals surface area contributed by atoms with Gasteiger partial charge < -0.3 is 35.3 Å². The van der Waals surface area contributed by atoms with Crippen LogP contribution in [0.3, 0.4) is 0 Å². The zero-order chi connectivity index (χ0) is 33.8. The van der Waals surface area contributed by atoms with E-state index in [4.69, 9.17) is 15.2 Å². The van der Waals surface area contributed by atoms with Gasteiger partial charge in [-0.2, -0.15) is 8.42 Å². The maximum atomic E-state index is 14.6. The summed E-state index contributed by atoms with van der Waals surface area (Å²) in [5.74, 6) is -3.10. The average Bonchev–Trinajstić information content (AvgIpc) is 3.48. The van der Waals surface area contributed by atoms with Crippen LogP contribution in [0.2, 0.25) is 0 Å². The zero-order valence-electron chi connectivity index (χ0n) is 25.2. The maximum Gasteiger partial charge on any atom is 0.411 e. The molecule has 3 amide bonds. The van der Waals surface area contributed by atoms with Gasteiger partial charge >= 0.3 is 21.9 Å². The number of ether oxygens (including phenoxy) is 3. The largest absolute Gasteiger partial charge is 0.493 e. The summed E-state index contributed by atoms with van der Waals surface area (Å²) in [6.45, 7) is -0.0570. The Morgan fingerprint density at radius 1 is 0.978 bits per heavy atom. The number of likely N-dealkylation sites (tertiary alicyclic amines) is 1. The molecular formula is C31H33N4O10S+. The van der Waals surface area contributed by atoms with Crippen molar-refractivity contribution in [2.45, 2.75) is 23.4 Å². The molecule has 0 bridgehead atoms. The summed E-state index contributed by atoms with van der Waals surface area (Å²) in [7, 11) is -0.170. The predicted molar refractivity (Wildman–Crippen MR) is 166 cm³/mol. The Labute approximate surface area is 265 Å². The Morgan fingerprint density at radius 3 is 2.30 bits per heavy atom. The molecule has 0 spiro atoms. The number of nitrogens with zero attached hydrogens (tertiary/aromatic N) is 1. The average molecular weight is 654 g/mol. The van der Waals surface area contributed by atoms with Gasteiger partial charge in [0.1, 0.15) is 10.9 Å². The van der Waals surface area contributed by atoms with Crippen molar-refractivity contribution >= 4 is 45.1 Å². The van der Waals surface area contributed by atoms with Crippen LogP contribution in [0, 0.1) is 12.2 Å². The van der Waals surface area contributed by atoms with Crippen LogP contribution in [0.15, 0.2) is 65.6 Å². The van der Waals surface area contributed by atoms with Crippen molar-refractivity contribution in [1.82, 2.24) is 4.90 Å². The monoisotopic (exact) mass is 653 g/mol. The molecule has 4 rings (SSSR count). The lowest BCUT2D eigenvalue weighted by atomic mass is 9.92. The first-order valence-corrected chi connectivity index (χ1v) is 15.4. The minimum atomic E-state index is -4.19. The van der Waals surface area contributed by atoms with Gasteiger partial charge in [-0.05, 0) is 60.5 Å². The minimum Gasteiger partial charge on any atom is -0.493 e. The van der Waals surface area contributed by atoms with Gasteiger partial charge in [0.05, 0.1) is 33.3 Å². The van der Waals surface area contributed by atoms with E-state index in [1.165, 1.54) is 49.5 Å². The molecule has 0 radical (unpaired) electrons. The quantitative estimate of drug-likeness (QED) is 0.221. The van der Waals surface area contributed by atoms with E-state index in [0.29, 0.717) is 22.7 Å². The molecule has 0 unspecified atom stereocenters. The van der Waals surface area contributed by atoms with Crippen LogP contribution in [0.5, 0.6) is 11.5 Å². The first-order valence-electron chi connectivity index (χ1n) is 13.8. The molecule has 1 aliphatic rings. The van der Waals surface area contributed by atoms with Crippen molar-refractivity contribution in [2.75, 3.05) is 38.5 Å². The Hall–Kier alpha value is -5.44. The van der Waals surface area contributed by atoms with Gasteiger partial charge in [0.2, 0.25) is 11.8 Å². The number of primary amides is 1. The van der Waals surface area contributed by atoms with Crippen molar-refractivity contribution < 1.29 is 46.9 Å². The van der Waals surface area contributed by atoms with Crippen LogP contribution in [0.25, 0.3) is 0 Å². The molecule has 3 atom stereocenters. The number of benzene rings is 3. The van der Waals surface area contributed by atoms with E-state index in [-0.39, 0.29) is 34.7 Å². The van der Waals surface area contributed by atoms with E-state index >= 15 is 0 Å². The molecule has 3 aromatic carbocycles. The van der Waals surface area contributed by atoms with Gasteiger partial charge in [0, 0.05) is 29.0 Å². The van der Waals surface area contributed by atoms with Crippen LogP contribution in [-0.4, -0.2) is 70.2 Å². The number of carboxylic acid groups (broad SMARTS) is 1. The Balaban J connectivity index is 1.89. The van der Waals surface area contributed by atoms with E-state index in [1.54, 1.807) is 30.3 Å². The summed E-state index contributed by atoms with van der Waals surface area (Å²) < 4.78 is 41.1. The number of carbonyl (C=O) groups excluding carboxylic acids is 3.